The Morgan fingerprint density at radius 1 is 1.04 bits per heavy atom. The Bertz CT molecular complexity index is 1280. The van der Waals surface area contributed by atoms with Gasteiger partial charge in [-0.15, -0.1) is 0 Å². The minimum Gasteiger partial charge on any atom is -0.491 e. The van der Waals surface area contributed by atoms with E-state index in [1.54, 1.807) is 12.1 Å². The molecule has 3 aliphatic carbocycles. The number of hydroxylamine groups is 1. The average Bonchev–Trinajstić information content (AvgIpc) is 3.57. The first kappa shape index (κ1) is 37.6. The second-order valence-corrected chi connectivity index (χ2v) is 13.0. The standard InChI is InChI=1S/C17H17F2NO2.C15H20OS.C5H14N2/c1-12-3-5-13(6-4-12)14-7-9-15(10-8-14)17(18,19)16(11-21)20-22-2;17-15-8-6-11-9-14(7-5-12(11)10-15)16-13-3-1-2-4-13;1-7(2)5-3-4-6/h3-11,16,20H,1-2H3;5-9,11-13,15,17H,1-4,10H2;3-6H2,1-2H3/t16-;;/m1../s1. The summed E-state index contributed by atoms with van der Waals surface area (Å²) in [6, 6.07) is 11.9. The number of nitrogens with zero attached hydrogens (tertiary/aromatic N) is 1. The highest BCUT2D eigenvalue weighted by Gasteiger charge is 2.41. The van der Waals surface area contributed by atoms with E-state index in [1.807, 2.05) is 36.7 Å². The molecule has 2 aromatic carbocycles. The molecule has 3 aliphatic rings. The Hall–Kier alpha value is -2.82. The van der Waals surface area contributed by atoms with Crippen LogP contribution >= 0.6 is 12.6 Å². The molecule has 1 fully saturated rings. The topological polar surface area (TPSA) is 76.8 Å². The van der Waals surface area contributed by atoms with Gasteiger partial charge in [-0.2, -0.15) is 26.9 Å². The van der Waals surface area contributed by atoms with Gasteiger partial charge in [-0.3, -0.25) is 0 Å². The zero-order valence-electron chi connectivity index (χ0n) is 27.6. The van der Waals surface area contributed by atoms with Crippen molar-refractivity contribution in [3.05, 3.63) is 95.8 Å². The molecule has 0 radical (unpaired) electrons. The number of rotatable bonds is 11. The van der Waals surface area contributed by atoms with E-state index < -0.39 is 12.0 Å². The van der Waals surface area contributed by atoms with Gasteiger partial charge in [0.25, 0.3) is 5.92 Å². The van der Waals surface area contributed by atoms with Gasteiger partial charge in [-0.05, 0) is 102 Å². The summed E-state index contributed by atoms with van der Waals surface area (Å²) in [5, 5.41) is 0.423. The minimum atomic E-state index is -3.36. The number of carbonyl (C=O) groups excluding carboxylic acids is 1. The highest BCUT2D eigenvalue weighted by Crippen LogP contribution is 2.35. The maximum absolute atomic E-state index is 14.2. The zero-order valence-corrected chi connectivity index (χ0v) is 28.5. The molecule has 2 aromatic rings. The van der Waals surface area contributed by atoms with Crippen molar-refractivity contribution in [3.63, 3.8) is 0 Å². The summed E-state index contributed by atoms with van der Waals surface area (Å²) in [4.78, 5) is 17.4. The molecule has 252 valence electrons. The predicted molar refractivity (Wildman–Crippen MR) is 187 cm³/mol. The molecule has 0 aliphatic heterocycles. The highest BCUT2D eigenvalue weighted by atomic mass is 32.1. The van der Waals surface area contributed by atoms with Crippen LogP contribution in [0.15, 0.2) is 84.7 Å². The molecule has 5 rings (SSSR count). The molecular formula is C37H51F2N3O3S. The Morgan fingerprint density at radius 2 is 1.67 bits per heavy atom. The third kappa shape index (κ3) is 11.8. The minimum absolute atomic E-state index is 0.136. The van der Waals surface area contributed by atoms with Crippen molar-refractivity contribution in [2.75, 3.05) is 34.3 Å². The van der Waals surface area contributed by atoms with Crippen LogP contribution in [0.3, 0.4) is 0 Å². The van der Waals surface area contributed by atoms with E-state index in [1.165, 1.54) is 44.9 Å². The number of hydrogen-bond acceptors (Lipinski definition) is 7. The maximum atomic E-state index is 14.2. The molecule has 0 spiro atoms. The summed E-state index contributed by atoms with van der Waals surface area (Å²) >= 11 is 4.52. The molecule has 0 amide bonds. The molecule has 6 nitrogen and oxygen atoms in total. The number of fused-ring (bicyclic) bond motifs is 1. The molecule has 3 unspecified atom stereocenters. The molecule has 3 N–H and O–H groups in total. The fourth-order valence-electron chi connectivity index (χ4n) is 5.57. The number of aldehydes is 1. The van der Waals surface area contributed by atoms with Gasteiger partial charge >= 0.3 is 0 Å². The number of carbonyl (C=O) groups is 1. The van der Waals surface area contributed by atoms with Crippen molar-refractivity contribution < 1.29 is 23.1 Å². The lowest BCUT2D eigenvalue weighted by atomic mass is 9.81. The van der Waals surface area contributed by atoms with Crippen LogP contribution in [-0.4, -0.2) is 62.9 Å². The summed E-state index contributed by atoms with van der Waals surface area (Å²) in [6.45, 7) is 3.89. The summed E-state index contributed by atoms with van der Waals surface area (Å²) < 4.78 is 34.5. The molecular weight excluding hydrogens is 604 g/mol. The lowest BCUT2D eigenvalue weighted by molar-refractivity contribution is -0.132. The van der Waals surface area contributed by atoms with Gasteiger partial charge in [0.2, 0.25) is 0 Å². The molecule has 46 heavy (non-hydrogen) atoms. The summed E-state index contributed by atoms with van der Waals surface area (Å²) in [7, 11) is 5.29. The van der Waals surface area contributed by atoms with Crippen molar-refractivity contribution >= 4 is 18.9 Å². The maximum Gasteiger partial charge on any atom is 0.297 e. The Morgan fingerprint density at radius 3 is 2.22 bits per heavy atom. The van der Waals surface area contributed by atoms with Crippen LogP contribution in [0, 0.1) is 18.8 Å². The van der Waals surface area contributed by atoms with Crippen LogP contribution in [-0.2, 0) is 20.3 Å². The van der Waals surface area contributed by atoms with Gasteiger partial charge in [0, 0.05) is 16.7 Å². The number of halogens is 2. The summed E-state index contributed by atoms with van der Waals surface area (Å²) in [6.07, 6.45) is 19.2. The molecule has 0 bridgehead atoms. The van der Waals surface area contributed by atoms with Crippen molar-refractivity contribution in [2.45, 2.75) is 68.8 Å². The quantitative estimate of drug-likeness (QED) is 0.102. The number of ether oxygens (including phenoxy) is 1. The first-order chi connectivity index (χ1) is 22.1. The van der Waals surface area contributed by atoms with Crippen LogP contribution in [0.25, 0.3) is 11.1 Å². The number of nitrogens with two attached hydrogens (primary N) is 1. The van der Waals surface area contributed by atoms with Crippen LogP contribution in [0.5, 0.6) is 0 Å². The number of allylic oxidation sites excluding steroid dienone is 4. The van der Waals surface area contributed by atoms with Gasteiger partial charge in [0.05, 0.1) is 13.2 Å². The van der Waals surface area contributed by atoms with Gasteiger partial charge in [0.15, 0.2) is 6.04 Å². The molecule has 1 saturated carbocycles. The molecule has 0 heterocycles. The van der Waals surface area contributed by atoms with Crippen molar-refractivity contribution in [2.24, 2.45) is 17.6 Å². The first-order valence-corrected chi connectivity index (χ1v) is 16.7. The van der Waals surface area contributed by atoms with Gasteiger partial charge in [0.1, 0.15) is 12.0 Å². The highest BCUT2D eigenvalue weighted by molar-refractivity contribution is 7.81. The Labute approximate surface area is 279 Å². The van der Waals surface area contributed by atoms with E-state index in [0.29, 0.717) is 23.2 Å². The third-order valence-electron chi connectivity index (χ3n) is 8.27. The van der Waals surface area contributed by atoms with Crippen LogP contribution in [0.4, 0.5) is 8.78 Å². The van der Waals surface area contributed by atoms with E-state index in [-0.39, 0.29) is 11.8 Å². The largest absolute Gasteiger partial charge is 0.491 e. The lowest BCUT2D eigenvalue weighted by Gasteiger charge is -2.29. The lowest BCUT2D eigenvalue weighted by Crippen LogP contribution is -2.43. The van der Waals surface area contributed by atoms with E-state index in [9.17, 15) is 13.6 Å². The molecule has 0 saturated heterocycles. The number of nitrogens with one attached hydrogen (secondary N) is 1. The third-order valence-corrected chi connectivity index (χ3v) is 8.65. The summed E-state index contributed by atoms with van der Waals surface area (Å²) in [5.74, 6) is -1.12. The average molecular weight is 656 g/mol. The van der Waals surface area contributed by atoms with E-state index in [2.05, 4.69) is 66.8 Å². The number of benzene rings is 2. The molecule has 0 aromatic heterocycles. The number of thiol groups is 1. The summed E-state index contributed by atoms with van der Waals surface area (Å²) in [5.41, 5.74) is 9.92. The number of alkyl halides is 2. The van der Waals surface area contributed by atoms with Crippen molar-refractivity contribution in [3.8, 4) is 11.1 Å². The predicted octanol–water partition coefficient (Wildman–Crippen LogP) is 7.26. The fourth-order valence-corrected chi connectivity index (χ4v) is 5.92. The SMILES string of the molecule is CN(C)CCCN.CON[C@H](C=O)C(F)(F)c1ccc(-c2ccc(C)cc2)cc1.SC1C=CC2C=C(OC3CCCC3)C=CC2C1. The van der Waals surface area contributed by atoms with E-state index in [0.717, 1.165) is 48.4 Å². The van der Waals surface area contributed by atoms with E-state index in [4.69, 9.17) is 10.5 Å². The Kier molecular flexibility index (Phi) is 15.6. The second-order valence-electron chi connectivity index (χ2n) is 12.3. The van der Waals surface area contributed by atoms with Crippen molar-refractivity contribution in [1.29, 1.82) is 0 Å². The van der Waals surface area contributed by atoms with Crippen LogP contribution in [0.1, 0.15) is 49.7 Å². The monoisotopic (exact) mass is 655 g/mol. The second kappa shape index (κ2) is 19.1. The Balaban J connectivity index is 0.000000212. The van der Waals surface area contributed by atoms with Crippen molar-refractivity contribution in [1.82, 2.24) is 10.4 Å². The van der Waals surface area contributed by atoms with Gasteiger partial charge in [-0.1, -0.05) is 72.3 Å². The van der Waals surface area contributed by atoms with Gasteiger partial charge < -0.3 is 25.0 Å². The normalized spacial score (nSPS) is 21.3. The van der Waals surface area contributed by atoms with Crippen LogP contribution in [0.2, 0.25) is 0 Å². The smallest absolute Gasteiger partial charge is 0.297 e. The van der Waals surface area contributed by atoms with Crippen LogP contribution < -0.4 is 11.2 Å². The number of hydrogen-bond donors (Lipinski definition) is 3. The first-order valence-electron chi connectivity index (χ1n) is 16.1. The zero-order chi connectivity index (χ0) is 33.5. The molecule has 9 heteroatoms. The number of aryl methyl sites for hydroxylation is 1. The van der Waals surface area contributed by atoms with Gasteiger partial charge in [-0.25, -0.2) is 0 Å². The molecule has 4 atom stereocenters. The van der Waals surface area contributed by atoms with E-state index >= 15 is 0 Å². The fraction of sp³-hybridized carbons (Fsp3) is 0.486.